The third-order valence-electron chi connectivity index (χ3n) is 5.24. The van der Waals surface area contributed by atoms with Gasteiger partial charge in [-0.15, -0.1) is 11.8 Å². The van der Waals surface area contributed by atoms with Gasteiger partial charge in [0.1, 0.15) is 5.75 Å². The summed E-state index contributed by atoms with van der Waals surface area (Å²) < 4.78 is 12.2. The molecule has 1 aromatic heterocycles. The van der Waals surface area contributed by atoms with E-state index in [1.165, 1.54) is 17.3 Å². The van der Waals surface area contributed by atoms with E-state index in [2.05, 4.69) is 25.1 Å². The maximum Gasteiger partial charge on any atom is 0.239 e. The molecule has 1 atom stereocenters. The van der Waals surface area contributed by atoms with Crippen LogP contribution in [0.1, 0.15) is 25.3 Å². The molecule has 5 nitrogen and oxygen atoms in total. The van der Waals surface area contributed by atoms with Crippen LogP contribution in [-0.4, -0.2) is 43.0 Å². The van der Waals surface area contributed by atoms with Crippen LogP contribution in [0.3, 0.4) is 0 Å². The first-order valence-electron chi connectivity index (χ1n) is 10.2. The fourth-order valence-electron chi connectivity index (χ4n) is 3.57. The maximum absolute atomic E-state index is 13.3. The predicted octanol–water partition coefficient (Wildman–Crippen LogP) is 5.17. The molecule has 158 valence electrons. The molecule has 1 saturated heterocycles. The van der Waals surface area contributed by atoms with Crippen LogP contribution in [0.15, 0.2) is 47.4 Å². The van der Waals surface area contributed by atoms with E-state index in [1.54, 1.807) is 18.4 Å². The number of para-hydroxylation sites is 1. The highest BCUT2D eigenvalue weighted by Crippen LogP contribution is 2.33. The van der Waals surface area contributed by atoms with E-state index in [-0.39, 0.29) is 12.0 Å². The van der Waals surface area contributed by atoms with Crippen molar-refractivity contribution >= 4 is 44.4 Å². The third kappa shape index (κ3) is 4.79. The average molecular weight is 443 g/mol. The van der Waals surface area contributed by atoms with Crippen molar-refractivity contribution in [3.05, 3.63) is 48.0 Å². The summed E-state index contributed by atoms with van der Waals surface area (Å²) in [7, 11) is 1.65. The van der Waals surface area contributed by atoms with Gasteiger partial charge in [-0.05, 0) is 55.2 Å². The second kappa shape index (κ2) is 9.81. The molecule has 1 unspecified atom stereocenters. The van der Waals surface area contributed by atoms with Crippen LogP contribution in [-0.2, 0) is 16.0 Å². The SMILES string of the molecule is CCc1cccc2sc(N(CC3CCCO3)C(=O)CSc3ccc(OC)cc3)nc12. The van der Waals surface area contributed by atoms with E-state index in [1.807, 2.05) is 29.2 Å². The zero-order valence-corrected chi connectivity index (χ0v) is 18.9. The van der Waals surface area contributed by atoms with Gasteiger partial charge in [-0.1, -0.05) is 30.4 Å². The number of hydrogen-bond donors (Lipinski definition) is 0. The van der Waals surface area contributed by atoms with Gasteiger partial charge >= 0.3 is 0 Å². The molecule has 1 aliphatic rings. The number of methoxy groups -OCH3 is 1. The molecule has 0 aliphatic carbocycles. The van der Waals surface area contributed by atoms with Crippen molar-refractivity contribution in [2.45, 2.75) is 37.2 Å². The number of carbonyl (C=O) groups excluding carboxylic acids is 1. The van der Waals surface area contributed by atoms with Gasteiger partial charge in [0.2, 0.25) is 5.91 Å². The molecule has 4 rings (SSSR count). The van der Waals surface area contributed by atoms with E-state index in [0.717, 1.165) is 51.9 Å². The Morgan fingerprint density at radius 1 is 1.30 bits per heavy atom. The summed E-state index contributed by atoms with van der Waals surface area (Å²) in [4.78, 5) is 21.0. The molecule has 30 heavy (non-hydrogen) atoms. The van der Waals surface area contributed by atoms with E-state index in [0.29, 0.717) is 12.3 Å². The molecule has 2 aromatic carbocycles. The lowest BCUT2D eigenvalue weighted by atomic mass is 10.1. The fourth-order valence-corrected chi connectivity index (χ4v) is 5.38. The normalized spacial score (nSPS) is 16.1. The molecule has 0 bridgehead atoms. The molecule has 0 spiro atoms. The minimum atomic E-state index is 0.0587. The van der Waals surface area contributed by atoms with E-state index < -0.39 is 0 Å². The van der Waals surface area contributed by atoms with Crippen molar-refractivity contribution in [2.24, 2.45) is 0 Å². The third-order valence-corrected chi connectivity index (χ3v) is 7.28. The van der Waals surface area contributed by atoms with Crippen LogP contribution in [0.5, 0.6) is 5.75 Å². The lowest BCUT2D eigenvalue weighted by molar-refractivity contribution is -0.116. The quantitative estimate of drug-likeness (QED) is 0.451. The molecular formula is C23H26N2O3S2. The van der Waals surface area contributed by atoms with Crippen molar-refractivity contribution in [1.82, 2.24) is 4.98 Å². The summed E-state index contributed by atoms with van der Waals surface area (Å²) >= 11 is 3.12. The van der Waals surface area contributed by atoms with Crippen molar-refractivity contribution in [3.8, 4) is 5.75 Å². The topological polar surface area (TPSA) is 51.7 Å². The molecular weight excluding hydrogens is 416 g/mol. The molecule has 2 heterocycles. The standard InChI is InChI=1S/C23H26N2O3S2/c1-3-16-6-4-8-20-22(16)24-23(30-20)25(14-18-7-5-13-28-18)21(26)15-29-19-11-9-17(27-2)10-12-19/h4,6,8-12,18H,3,5,7,13-15H2,1-2H3. The lowest BCUT2D eigenvalue weighted by Gasteiger charge is -2.23. The second-order valence-corrected chi connectivity index (χ2v) is 9.28. The summed E-state index contributed by atoms with van der Waals surface area (Å²) in [6.45, 7) is 3.46. The number of thiazole rings is 1. The van der Waals surface area contributed by atoms with Crippen molar-refractivity contribution in [2.75, 3.05) is 30.9 Å². The van der Waals surface area contributed by atoms with Crippen molar-refractivity contribution in [3.63, 3.8) is 0 Å². The van der Waals surface area contributed by atoms with Crippen molar-refractivity contribution < 1.29 is 14.3 Å². The molecule has 3 aromatic rings. The molecule has 1 amide bonds. The van der Waals surface area contributed by atoms with Crippen LogP contribution in [0.2, 0.25) is 0 Å². The maximum atomic E-state index is 13.3. The Labute approximate surface area is 185 Å². The van der Waals surface area contributed by atoms with Gasteiger partial charge in [0.15, 0.2) is 5.13 Å². The molecule has 1 aliphatic heterocycles. The summed E-state index contributed by atoms with van der Waals surface area (Å²) in [5.41, 5.74) is 2.22. The highest BCUT2D eigenvalue weighted by atomic mass is 32.2. The molecule has 1 fully saturated rings. The van der Waals surface area contributed by atoms with Crippen LogP contribution in [0.25, 0.3) is 10.2 Å². The number of anilines is 1. The zero-order valence-electron chi connectivity index (χ0n) is 17.3. The Bertz CT molecular complexity index is 997. The summed E-state index contributed by atoms with van der Waals surface area (Å²) in [6, 6.07) is 14.0. The highest BCUT2D eigenvalue weighted by molar-refractivity contribution is 8.00. The van der Waals surface area contributed by atoms with Gasteiger partial charge in [0.05, 0.1) is 35.7 Å². The van der Waals surface area contributed by atoms with Crippen LogP contribution < -0.4 is 9.64 Å². The number of thioether (sulfide) groups is 1. The Kier molecular flexibility index (Phi) is 6.92. The van der Waals surface area contributed by atoms with E-state index >= 15 is 0 Å². The van der Waals surface area contributed by atoms with Gasteiger partial charge in [-0.3, -0.25) is 9.69 Å². The first-order chi connectivity index (χ1) is 14.7. The molecule has 0 radical (unpaired) electrons. The van der Waals surface area contributed by atoms with Crippen LogP contribution in [0, 0.1) is 0 Å². The van der Waals surface area contributed by atoms with E-state index in [4.69, 9.17) is 14.5 Å². The minimum Gasteiger partial charge on any atom is -0.497 e. The van der Waals surface area contributed by atoms with Gasteiger partial charge in [-0.25, -0.2) is 4.98 Å². The highest BCUT2D eigenvalue weighted by Gasteiger charge is 2.26. The molecule has 0 N–H and O–H groups in total. The largest absolute Gasteiger partial charge is 0.497 e. The number of carbonyl (C=O) groups is 1. The number of aryl methyl sites for hydroxylation is 1. The van der Waals surface area contributed by atoms with Gasteiger partial charge in [0.25, 0.3) is 0 Å². The molecule has 0 saturated carbocycles. The van der Waals surface area contributed by atoms with Crippen molar-refractivity contribution in [1.29, 1.82) is 0 Å². The summed E-state index contributed by atoms with van der Waals surface area (Å²) in [5.74, 6) is 1.23. The van der Waals surface area contributed by atoms with Gasteiger partial charge < -0.3 is 9.47 Å². The lowest BCUT2D eigenvalue weighted by Crippen LogP contribution is -2.38. The number of nitrogens with zero attached hydrogens (tertiary/aromatic N) is 2. The smallest absolute Gasteiger partial charge is 0.239 e. The monoisotopic (exact) mass is 442 g/mol. The predicted molar refractivity (Wildman–Crippen MR) is 124 cm³/mol. The first-order valence-corrected chi connectivity index (χ1v) is 12.1. The summed E-state index contributed by atoms with van der Waals surface area (Å²) in [5, 5.41) is 0.765. The Hall–Kier alpha value is -2.09. The number of aromatic nitrogens is 1. The fraction of sp³-hybridized carbons (Fsp3) is 0.391. The summed E-state index contributed by atoms with van der Waals surface area (Å²) in [6.07, 6.45) is 3.04. The van der Waals surface area contributed by atoms with E-state index in [9.17, 15) is 4.79 Å². The van der Waals surface area contributed by atoms with Crippen LogP contribution in [0.4, 0.5) is 5.13 Å². The Morgan fingerprint density at radius 2 is 2.13 bits per heavy atom. The number of fused-ring (bicyclic) bond motifs is 1. The van der Waals surface area contributed by atoms with Crippen LogP contribution >= 0.6 is 23.1 Å². The number of hydrogen-bond acceptors (Lipinski definition) is 6. The minimum absolute atomic E-state index is 0.0587. The average Bonchev–Trinajstić information content (AvgIpc) is 3.45. The van der Waals surface area contributed by atoms with Gasteiger partial charge in [0, 0.05) is 11.5 Å². The first kappa shape index (κ1) is 21.2. The number of benzene rings is 2. The number of ether oxygens (including phenoxy) is 2. The Morgan fingerprint density at radius 3 is 2.83 bits per heavy atom. The van der Waals surface area contributed by atoms with Gasteiger partial charge in [-0.2, -0.15) is 0 Å². The second-order valence-electron chi connectivity index (χ2n) is 7.22. The Balaban J connectivity index is 1.54. The zero-order chi connectivity index (χ0) is 20.9. The number of rotatable bonds is 8. The molecule has 7 heteroatoms. The number of amides is 1.